The Hall–Kier alpha value is -1.85. The van der Waals surface area contributed by atoms with E-state index in [0.717, 1.165) is 43.4 Å². The number of para-hydroxylation sites is 1. The van der Waals surface area contributed by atoms with Crippen molar-refractivity contribution >= 4 is 18.3 Å². The Balaban J connectivity index is 0.00000208. The summed E-state index contributed by atoms with van der Waals surface area (Å²) in [6.07, 6.45) is 4.84. The van der Waals surface area contributed by atoms with Gasteiger partial charge < -0.3 is 11.1 Å². The molecule has 24 heavy (non-hydrogen) atoms. The number of nitrogens with two attached hydrogens (primary N) is 1. The van der Waals surface area contributed by atoms with Gasteiger partial charge in [0.25, 0.3) is 5.91 Å². The van der Waals surface area contributed by atoms with E-state index < -0.39 is 0 Å². The summed E-state index contributed by atoms with van der Waals surface area (Å²) in [4.78, 5) is 12.5. The molecule has 0 unspecified atom stereocenters. The highest BCUT2D eigenvalue weighted by molar-refractivity contribution is 5.94. The summed E-state index contributed by atoms with van der Waals surface area (Å²) in [5, 5.41) is 7.61. The molecule has 2 aromatic rings. The van der Waals surface area contributed by atoms with Crippen LogP contribution in [0.2, 0.25) is 0 Å². The molecular formula is C18H25ClN4O. The summed E-state index contributed by atoms with van der Waals surface area (Å²) in [6.45, 7) is 3.39. The number of carbonyl (C=O) groups is 1. The van der Waals surface area contributed by atoms with Gasteiger partial charge >= 0.3 is 0 Å². The summed E-state index contributed by atoms with van der Waals surface area (Å²) < 4.78 is 1.96. The highest BCUT2D eigenvalue weighted by Gasteiger charge is 2.27. The van der Waals surface area contributed by atoms with Crippen molar-refractivity contribution in [1.82, 2.24) is 15.1 Å². The zero-order chi connectivity index (χ0) is 16.2. The summed E-state index contributed by atoms with van der Waals surface area (Å²) in [6, 6.07) is 8.17. The van der Waals surface area contributed by atoms with Crippen LogP contribution in [0.4, 0.5) is 0 Å². The molecule has 6 heteroatoms. The number of hydrogen-bond acceptors (Lipinski definition) is 3. The number of benzene rings is 1. The predicted octanol–water partition coefficient (Wildman–Crippen LogP) is 2.56. The van der Waals surface area contributed by atoms with Crippen molar-refractivity contribution in [2.45, 2.75) is 39.0 Å². The van der Waals surface area contributed by atoms with Gasteiger partial charge in [-0.3, -0.25) is 4.79 Å². The molecule has 0 radical (unpaired) electrons. The number of unbranched alkanes of at least 4 members (excludes halogenated alkanes) is 1. The Morgan fingerprint density at radius 1 is 1.29 bits per heavy atom. The average Bonchev–Trinajstić information content (AvgIpc) is 3.14. The molecule has 0 saturated carbocycles. The Morgan fingerprint density at radius 2 is 2.08 bits per heavy atom. The zero-order valence-corrected chi connectivity index (χ0v) is 14.9. The van der Waals surface area contributed by atoms with Crippen LogP contribution < -0.4 is 11.1 Å². The second-order valence-corrected chi connectivity index (χ2v) is 6.08. The molecule has 0 fully saturated rings. The lowest BCUT2D eigenvalue weighted by molar-refractivity contribution is 0.0946. The fourth-order valence-corrected chi connectivity index (χ4v) is 3.18. The van der Waals surface area contributed by atoms with Crippen molar-refractivity contribution in [2.75, 3.05) is 13.1 Å². The van der Waals surface area contributed by atoms with E-state index in [1.54, 1.807) is 0 Å². The quantitative estimate of drug-likeness (QED) is 0.788. The average molecular weight is 349 g/mol. The number of rotatable bonds is 6. The van der Waals surface area contributed by atoms with Gasteiger partial charge in [-0.2, -0.15) is 5.10 Å². The smallest absolute Gasteiger partial charge is 0.272 e. The maximum absolute atomic E-state index is 12.5. The second-order valence-electron chi connectivity index (χ2n) is 6.08. The lowest BCUT2D eigenvalue weighted by atomic mass is 10.1. The lowest BCUT2D eigenvalue weighted by Gasteiger charge is -2.08. The van der Waals surface area contributed by atoms with E-state index in [-0.39, 0.29) is 18.3 Å². The van der Waals surface area contributed by atoms with Crippen LogP contribution in [0, 0.1) is 6.92 Å². The number of hydrogen-bond donors (Lipinski definition) is 2. The van der Waals surface area contributed by atoms with Crippen LogP contribution in [-0.2, 0) is 12.8 Å². The highest BCUT2D eigenvalue weighted by Crippen LogP contribution is 2.28. The topological polar surface area (TPSA) is 72.9 Å². The molecule has 1 heterocycles. The Labute approximate surface area is 149 Å². The highest BCUT2D eigenvalue weighted by atomic mass is 35.5. The van der Waals surface area contributed by atoms with Gasteiger partial charge in [0.1, 0.15) is 0 Å². The number of nitrogens with one attached hydrogen (secondary N) is 1. The first-order valence-corrected chi connectivity index (χ1v) is 8.37. The van der Waals surface area contributed by atoms with E-state index in [2.05, 4.69) is 29.5 Å². The molecule has 1 aromatic carbocycles. The molecule has 3 N–H and O–H groups in total. The minimum atomic E-state index is -0.0625. The van der Waals surface area contributed by atoms with Crippen molar-refractivity contribution in [2.24, 2.45) is 5.73 Å². The molecule has 1 aliphatic carbocycles. The number of amides is 1. The normalized spacial score (nSPS) is 12.6. The molecule has 5 nitrogen and oxygen atoms in total. The van der Waals surface area contributed by atoms with Crippen molar-refractivity contribution in [1.29, 1.82) is 0 Å². The van der Waals surface area contributed by atoms with Crippen LogP contribution in [0.3, 0.4) is 0 Å². The minimum Gasteiger partial charge on any atom is -0.351 e. The van der Waals surface area contributed by atoms with Crippen LogP contribution in [0.15, 0.2) is 24.3 Å². The minimum absolute atomic E-state index is 0. The third kappa shape index (κ3) is 3.62. The molecule has 0 aliphatic heterocycles. The van der Waals surface area contributed by atoms with Gasteiger partial charge in [0.15, 0.2) is 5.69 Å². The second kappa shape index (κ2) is 8.31. The Morgan fingerprint density at radius 3 is 2.83 bits per heavy atom. The molecule has 3 rings (SSSR count). The van der Waals surface area contributed by atoms with Gasteiger partial charge in [-0.1, -0.05) is 18.2 Å². The maximum atomic E-state index is 12.5. The largest absolute Gasteiger partial charge is 0.351 e. The predicted molar refractivity (Wildman–Crippen MR) is 98.2 cm³/mol. The van der Waals surface area contributed by atoms with E-state index in [1.807, 2.05) is 16.8 Å². The monoisotopic (exact) mass is 348 g/mol. The number of aryl methyl sites for hydroxylation is 1. The molecule has 0 bridgehead atoms. The standard InChI is InChI=1S/C18H24N4O.ClH/c1-13-7-2-3-9-15(13)22-16-10-6-8-14(16)17(21-22)18(23)20-12-5-4-11-19;/h2-3,7,9H,4-6,8,10-12,19H2,1H3,(H,20,23);1H. The first-order chi connectivity index (χ1) is 11.2. The molecule has 0 spiro atoms. The van der Waals surface area contributed by atoms with Gasteiger partial charge in [0, 0.05) is 17.8 Å². The SMILES string of the molecule is Cc1ccccc1-n1nc(C(=O)NCCCCN)c2c1CCC2.Cl. The summed E-state index contributed by atoms with van der Waals surface area (Å²) >= 11 is 0. The van der Waals surface area contributed by atoms with Crippen LogP contribution in [0.25, 0.3) is 5.69 Å². The summed E-state index contributed by atoms with van der Waals surface area (Å²) in [5.74, 6) is -0.0625. The van der Waals surface area contributed by atoms with Crippen molar-refractivity contribution < 1.29 is 4.79 Å². The molecule has 130 valence electrons. The van der Waals surface area contributed by atoms with Crippen LogP contribution >= 0.6 is 12.4 Å². The summed E-state index contributed by atoms with van der Waals surface area (Å²) in [7, 11) is 0. The number of carbonyl (C=O) groups excluding carboxylic acids is 1. The van der Waals surface area contributed by atoms with Gasteiger partial charge in [0.2, 0.25) is 0 Å². The number of nitrogens with zero attached hydrogens (tertiary/aromatic N) is 2. The number of aromatic nitrogens is 2. The van der Waals surface area contributed by atoms with Crippen molar-refractivity contribution in [3.63, 3.8) is 0 Å². The molecule has 0 atom stereocenters. The molecular weight excluding hydrogens is 324 g/mol. The first-order valence-electron chi connectivity index (χ1n) is 8.37. The van der Waals surface area contributed by atoms with Crippen LogP contribution in [0.5, 0.6) is 0 Å². The van der Waals surface area contributed by atoms with E-state index >= 15 is 0 Å². The van der Waals surface area contributed by atoms with Gasteiger partial charge in [-0.25, -0.2) is 4.68 Å². The van der Waals surface area contributed by atoms with E-state index in [4.69, 9.17) is 5.73 Å². The Bertz CT molecular complexity index is 711. The fraction of sp³-hybridized carbons (Fsp3) is 0.444. The first kappa shape index (κ1) is 18.5. The summed E-state index contributed by atoms with van der Waals surface area (Å²) in [5.41, 5.74) is 10.6. The zero-order valence-electron chi connectivity index (χ0n) is 14.0. The third-order valence-corrected chi connectivity index (χ3v) is 4.41. The van der Waals surface area contributed by atoms with Gasteiger partial charge in [-0.05, 0) is 57.2 Å². The lowest BCUT2D eigenvalue weighted by Crippen LogP contribution is -2.26. The third-order valence-electron chi connectivity index (χ3n) is 4.41. The van der Waals surface area contributed by atoms with Gasteiger partial charge in [0.05, 0.1) is 5.69 Å². The molecule has 1 aliphatic rings. The molecule has 0 saturated heterocycles. The van der Waals surface area contributed by atoms with Crippen molar-refractivity contribution in [3.8, 4) is 5.69 Å². The molecule has 1 amide bonds. The Kier molecular flexibility index (Phi) is 6.40. The fourth-order valence-electron chi connectivity index (χ4n) is 3.18. The molecule has 1 aromatic heterocycles. The van der Waals surface area contributed by atoms with E-state index in [0.29, 0.717) is 18.8 Å². The van der Waals surface area contributed by atoms with Crippen molar-refractivity contribution in [3.05, 3.63) is 46.8 Å². The van der Waals surface area contributed by atoms with Crippen LogP contribution in [0.1, 0.15) is 46.6 Å². The van der Waals surface area contributed by atoms with Gasteiger partial charge in [-0.15, -0.1) is 12.4 Å². The van der Waals surface area contributed by atoms with E-state index in [9.17, 15) is 4.79 Å². The van der Waals surface area contributed by atoms with E-state index in [1.165, 1.54) is 11.3 Å². The number of halogens is 1. The number of fused-ring (bicyclic) bond motifs is 1. The van der Waals surface area contributed by atoms with Crippen LogP contribution in [-0.4, -0.2) is 28.8 Å². The maximum Gasteiger partial charge on any atom is 0.272 e.